The van der Waals surface area contributed by atoms with E-state index in [1.54, 1.807) is 0 Å². The van der Waals surface area contributed by atoms with Crippen molar-refractivity contribution in [2.75, 3.05) is 9.80 Å². The smallest absolute Gasteiger partial charge is 0.0468 e. The van der Waals surface area contributed by atoms with Gasteiger partial charge in [0.1, 0.15) is 0 Å². The molecule has 0 saturated heterocycles. The molecule has 0 bridgehead atoms. The van der Waals surface area contributed by atoms with Gasteiger partial charge in [0.15, 0.2) is 0 Å². The molecule has 10 aromatic rings. The molecule has 0 N–H and O–H groups in total. The number of anilines is 6. The minimum atomic E-state index is -0.900. The first-order valence-electron chi connectivity index (χ1n) is 21.2. The van der Waals surface area contributed by atoms with Gasteiger partial charge in [0.25, 0.3) is 0 Å². The average molecular weight is 827 g/mol. The Morgan fingerprint density at radius 2 is 0.516 bits per heavy atom. The Kier molecular flexibility index (Phi) is 9.15. The highest BCUT2D eigenvalue weighted by atomic mass is 31.1. The van der Waals surface area contributed by atoms with Crippen LogP contribution in [-0.2, 0) is 0 Å². The third-order valence-electron chi connectivity index (χ3n) is 12.2. The second-order valence-corrected chi connectivity index (χ2v) is 20.1. The highest BCUT2D eigenvalue weighted by Crippen LogP contribution is 2.53. The molecule has 2 atom stereocenters. The standard InChI is InChI=1S/C58H40N2P2/c1-7-19-41(20-8-1)59(42-21-9-2-10-22-42)45-31-33-49-51-35-36-52-50-34-32-46(60(43-23-11-3-12-24-43)44-25-13-4-14-26-44)40-56(50)62(48-29-17-6-18-30-48)54-38-37-53(57(51)58(52)54)61(55(49)39-45)47-27-15-5-16-28-47/h1-40H. The summed E-state index contributed by atoms with van der Waals surface area (Å²) in [5.41, 5.74) is 12.2. The van der Waals surface area contributed by atoms with Crippen molar-refractivity contribution in [2.45, 2.75) is 0 Å². The molecule has 0 aliphatic carbocycles. The van der Waals surface area contributed by atoms with Crippen LogP contribution >= 0.6 is 15.8 Å². The number of benzene rings is 10. The van der Waals surface area contributed by atoms with Gasteiger partial charge in [0, 0.05) is 34.1 Å². The number of rotatable bonds is 8. The molecule has 0 saturated carbocycles. The van der Waals surface area contributed by atoms with Crippen molar-refractivity contribution in [3.05, 3.63) is 243 Å². The van der Waals surface area contributed by atoms with E-state index >= 15 is 0 Å². The Labute approximate surface area is 365 Å². The van der Waals surface area contributed by atoms with E-state index < -0.39 is 15.8 Å². The molecule has 12 rings (SSSR count). The van der Waals surface area contributed by atoms with E-state index in [0.717, 1.165) is 34.1 Å². The zero-order chi connectivity index (χ0) is 41.0. The van der Waals surface area contributed by atoms with E-state index in [1.165, 1.54) is 64.9 Å². The zero-order valence-electron chi connectivity index (χ0n) is 33.9. The van der Waals surface area contributed by atoms with Crippen LogP contribution in [0.15, 0.2) is 243 Å². The van der Waals surface area contributed by atoms with Crippen molar-refractivity contribution in [2.24, 2.45) is 0 Å². The third-order valence-corrected chi connectivity index (χ3v) is 17.3. The maximum atomic E-state index is 2.50. The lowest BCUT2D eigenvalue weighted by Crippen LogP contribution is -2.32. The fourth-order valence-electron chi connectivity index (χ4n) is 9.60. The molecule has 2 unspecified atom stereocenters. The van der Waals surface area contributed by atoms with E-state index in [1.807, 2.05) is 0 Å². The first kappa shape index (κ1) is 36.7. The molecule has 0 aromatic heterocycles. The SMILES string of the molecule is c1ccc(N(c2ccccc2)c2ccc3c(c2)P(c2ccccc2)c2ccc4c5c(ccc-3c25)-c2ccc(N(c3ccccc3)c3ccccc3)cc2P4c2ccccc2)cc1. The summed E-state index contributed by atoms with van der Waals surface area (Å²) in [5, 5.41) is 11.2. The molecule has 0 amide bonds. The molecule has 2 aliphatic heterocycles. The topological polar surface area (TPSA) is 6.48 Å². The predicted molar refractivity (Wildman–Crippen MR) is 269 cm³/mol. The second kappa shape index (κ2) is 15.4. The first-order valence-corrected chi connectivity index (χ1v) is 23.9. The number of hydrogen-bond donors (Lipinski definition) is 0. The van der Waals surface area contributed by atoms with Crippen LogP contribution in [-0.4, -0.2) is 0 Å². The molecule has 10 aromatic carbocycles. The second-order valence-electron chi connectivity index (χ2n) is 15.8. The van der Waals surface area contributed by atoms with Crippen LogP contribution in [0.1, 0.15) is 0 Å². The Morgan fingerprint density at radius 3 is 0.839 bits per heavy atom. The summed E-state index contributed by atoms with van der Waals surface area (Å²) in [7, 11) is -1.80. The van der Waals surface area contributed by atoms with Crippen LogP contribution in [0.5, 0.6) is 0 Å². The predicted octanol–water partition coefficient (Wildman–Crippen LogP) is 13.3. The molecular weight excluding hydrogens is 787 g/mol. The summed E-state index contributed by atoms with van der Waals surface area (Å²) in [6, 6.07) is 89.8. The number of fused-ring (bicyclic) bond motifs is 4. The highest BCUT2D eigenvalue weighted by Gasteiger charge is 2.36. The van der Waals surface area contributed by atoms with Crippen LogP contribution in [0.2, 0.25) is 0 Å². The van der Waals surface area contributed by atoms with Gasteiger partial charge >= 0.3 is 0 Å². The lowest BCUT2D eigenvalue weighted by molar-refractivity contribution is 1.29. The summed E-state index contributed by atoms with van der Waals surface area (Å²) < 4.78 is 0. The summed E-state index contributed by atoms with van der Waals surface area (Å²) in [6.07, 6.45) is 0. The molecule has 62 heavy (non-hydrogen) atoms. The molecule has 2 heterocycles. The van der Waals surface area contributed by atoms with Crippen molar-refractivity contribution < 1.29 is 0 Å². The Bertz CT molecular complexity index is 2930. The van der Waals surface area contributed by atoms with Gasteiger partial charge in [-0.1, -0.05) is 170 Å². The van der Waals surface area contributed by atoms with Crippen molar-refractivity contribution in [3.8, 4) is 22.3 Å². The molecular formula is C58H40N2P2. The van der Waals surface area contributed by atoms with Crippen LogP contribution in [0.25, 0.3) is 33.0 Å². The van der Waals surface area contributed by atoms with E-state index in [9.17, 15) is 0 Å². The van der Waals surface area contributed by atoms with Gasteiger partial charge in [-0.2, -0.15) is 0 Å². The zero-order valence-corrected chi connectivity index (χ0v) is 35.7. The highest BCUT2D eigenvalue weighted by molar-refractivity contribution is 7.81. The van der Waals surface area contributed by atoms with Crippen molar-refractivity contribution in [1.29, 1.82) is 0 Å². The Morgan fingerprint density at radius 1 is 0.226 bits per heavy atom. The maximum Gasteiger partial charge on any atom is 0.0468 e. The maximum absolute atomic E-state index is 2.50. The van der Waals surface area contributed by atoms with Gasteiger partial charge in [-0.15, -0.1) is 0 Å². The molecule has 2 aliphatic rings. The van der Waals surface area contributed by atoms with E-state index in [4.69, 9.17) is 0 Å². The van der Waals surface area contributed by atoms with Crippen LogP contribution in [0, 0.1) is 0 Å². The van der Waals surface area contributed by atoms with Crippen LogP contribution in [0.4, 0.5) is 34.1 Å². The molecule has 2 nitrogen and oxygen atoms in total. The minimum absolute atomic E-state index is 0.900. The van der Waals surface area contributed by atoms with Crippen LogP contribution in [0.3, 0.4) is 0 Å². The van der Waals surface area contributed by atoms with Gasteiger partial charge in [-0.25, -0.2) is 0 Å². The monoisotopic (exact) mass is 826 g/mol. The molecule has 0 spiro atoms. The number of para-hydroxylation sites is 4. The van der Waals surface area contributed by atoms with Crippen LogP contribution < -0.4 is 41.6 Å². The summed E-state index contributed by atoms with van der Waals surface area (Å²) in [4.78, 5) is 4.78. The van der Waals surface area contributed by atoms with Crippen molar-refractivity contribution >= 4 is 92.6 Å². The van der Waals surface area contributed by atoms with Crippen molar-refractivity contribution in [1.82, 2.24) is 0 Å². The van der Waals surface area contributed by atoms with E-state index in [-0.39, 0.29) is 0 Å². The fraction of sp³-hybridized carbons (Fsp3) is 0. The molecule has 4 heteroatoms. The minimum Gasteiger partial charge on any atom is -0.310 e. The quantitative estimate of drug-likeness (QED) is 0.141. The van der Waals surface area contributed by atoms with E-state index in [2.05, 4.69) is 252 Å². The van der Waals surface area contributed by atoms with Gasteiger partial charge in [-0.05, 0) is 153 Å². The largest absolute Gasteiger partial charge is 0.310 e. The van der Waals surface area contributed by atoms with E-state index in [0.29, 0.717) is 0 Å². The van der Waals surface area contributed by atoms with Gasteiger partial charge in [0.05, 0.1) is 0 Å². The first-order chi connectivity index (χ1) is 30.8. The third kappa shape index (κ3) is 6.10. The summed E-state index contributed by atoms with van der Waals surface area (Å²) >= 11 is 0. The lowest BCUT2D eigenvalue weighted by Gasteiger charge is -2.36. The number of nitrogens with zero attached hydrogens (tertiary/aromatic N) is 2. The van der Waals surface area contributed by atoms with Crippen molar-refractivity contribution in [3.63, 3.8) is 0 Å². The molecule has 0 fully saturated rings. The Balaban J connectivity index is 1.10. The van der Waals surface area contributed by atoms with Gasteiger partial charge in [0.2, 0.25) is 0 Å². The number of hydrogen-bond acceptors (Lipinski definition) is 2. The lowest BCUT2D eigenvalue weighted by atomic mass is 9.91. The average Bonchev–Trinajstić information content (AvgIpc) is 3.35. The van der Waals surface area contributed by atoms with Gasteiger partial charge < -0.3 is 9.80 Å². The molecule has 292 valence electrons. The summed E-state index contributed by atoms with van der Waals surface area (Å²) in [6.45, 7) is 0. The molecule has 0 radical (unpaired) electrons. The Hall–Kier alpha value is -7.08. The van der Waals surface area contributed by atoms with Gasteiger partial charge in [-0.3, -0.25) is 0 Å². The normalized spacial score (nSPS) is 14.5. The summed E-state index contributed by atoms with van der Waals surface area (Å²) in [5.74, 6) is 0. The fourth-order valence-corrected chi connectivity index (χ4v) is 14.9.